The number of carbonyl (C=O) groups excluding carboxylic acids is 2. The molecule has 2 amide bonds. The van der Waals surface area contributed by atoms with Crippen LogP contribution in [0.3, 0.4) is 0 Å². The summed E-state index contributed by atoms with van der Waals surface area (Å²) in [5, 5.41) is 2.52. The largest absolute Gasteiger partial charge is 0.497 e. The Hall–Kier alpha value is -2.60. The van der Waals surface area contributed by atoms with Crippen molar-refractivity contribution in [1.82, 2.24) is 14.8 Å². The van der Waals surface area contributed by atoms with Gasteiger partial charge in [-0.05, 0) is 49.2 Å². The topological polar surface area (TPSA) is 63.6 Å². The molecule has 27 heavy (non-hydrogen) atoms. The van der Waals surface area contributed by atoms with Gasteiger partial charge in [0.15, 0.2) is 0 Å². The van der Waals surface area contributed by atoms with E-state index < -0.39 is 0 Å². The van der Waals surface area contributed by atoms with Gasteiger partial charge in [0.2, 0.25) is 5.91 Å². The van der Waals surface area contributed by atoms with Gasteiger partial charge in [-0.3, -0.25) is 19.8 Å². The normalized spacial score (nSPS) is 17.9. The van der Waals surface area contributed by atoms with Gasteiger partial charge in [0.05, 0.1) is 13.7 Å². The number of nitrogens with zero attached hydrogens (tertiary/aromatic N) is 2. The molecule has 0 spiro atoms. The number of hydrogen-bond donors (Lipinski definition) is 1. The standard InChI is InChI=1S/C21H27N3O3/c1-23-13-6-8-19(23)21(26)22-20(25)15-24-14-5-3-4-7-18(24)16-9-11-17(27-2)12-10-16/h6,8-13,18H,3-5,7,14-15H2,1-2H3,(H,22,25,26)/t18-/m0/s1. The minimum Gasteiger partial charge on any atom is -0.497 e. The Morgan fingerprint density at radius 1 is 1.15 bits per heavy atom. The van der Waals surface area contributed by atoms with Gasteiger partial charge in [0.25, 0.3) is 5.91 Å². The molecule has 1 fully saturated rings. The van der Waals surface area contributed by atoms with Crippen LogP contribution in [0, 0.1) is 0 Å². The number of aryl methyl sites for hydroxylation is 1. The van der Waals surface area contributed by atoms with E-state index in [1.165, 1.54) is 5.56 Å². The molecule has 0 bridgehead atoms. The van der Waals surface area contributed by atoms with Crippen molar-refractivity contribution in [1.29, 1.82) is 0 Å². The number of carbonyl (C=O) groups is 2. The van der Waals surface area contributed by atoms with E-state index in [2.05, 4.69) is 22.3 Å². The van der Waals surface area contributed by atoms with Gasteiger partial charge in [-0.25, -0.2) is 0 Å². The summed E-state index contributed by atoms with van der Waals surface area (Å²) in [4.78, 5) is 27.0. The molecule has 1 aromatic heterocycles. The molecule has 3 rings (SSSR count). The van der Waals surface area contributed by atoms with Crippen molar-refractivity contribution in [2.45, 2.75) is 31.7 Å². The Labute approximate surface area is 160 Å². The number of hydrogen-bond acceptors (Lipinski definition) is 4. The molecule has 0 saturated carbocycles. The van der Waals surface area contributed by atoms with Crippen molar-refractivity contribution in [3.8, 4) is 5.75 Å². The second-order valence-corrected chi connectivity index (χ2v) is 6.99. The lowest BCUT2D eigenvalue weighted by Gasteiger charge is -2.29. The average Bonchev–Trinajstić information content (AvgIpc) is 2.97. The lowest BCUT2D eigenvalue weighted by Crippen LogP contribution is -2.42. The number of imide groups is 1. The maximum atomic E-state index is 12.5. The highest BCUT2D eigenvalue weighted by Gasteiger charge is 2.25. The summed E-state index contributed by atoms with van der Waals surface area (Å²) in [5.41, 5.74) is 1.66. The van der Waals surface area contributed by atoms with Crippen molar-refractivity contribution in [2.75, 3.05) is 20.2 Å². The molecular formula is C21H27N3O3. The fourth-order valence-electron chi connectivity index (χ4n) is 3.67. The Morgan fingerprint density at radius 2 is 1.93 bits per heavy atom. The van der Waals surface area contributed by atoms with Crippen molar-refractivity contribution < 1.29 is 14.3 Å². The van der Waals surface area contributed by atoms with E-state index in [0.29, 0.717) is 5.69 Å². The van der Waals surface area contributed by atoms with E-state index in [0.717, 1.165) is 38.0 Å². The van der Waals surface area contributed by atoms with Crippen LogP contribution < -0.4 is 10.1 Å². The highest BCUT2D eigenvalue weighted by molar-refractivity contribution is 6.04. The van der Waals surface area contributed by atoms with E-state index in [1.807, 2.05) is 12.1 Å². The number of ether oxygens (including phenoxy) is 1. The smallest absolute Gasteiger partial charge is 0.274 e. The third-order valence-corrected chi connectivity index (χ3v) is 5.14. The van der Waals surface area contributed by atoms with E-state index in [4.69, 9.17) is 4.74 Å². The molecular weight excluding hydrogens is 342 g/mol. The molecule has 1 aromatic carbocycles. The van der Waals surface area contributed by atoms with E-state index >= 15 is 0 Å². The van der Waals surface area contributed by atoms with Gasteiger partial charge in [-0.15, -0.1) is 0 Å². The third kappa shape index (κ3) is 4.77. The maximum absolute atomic E-state index is 12.5. The van der Waals surface area contributed by atoms with Crippen LogP contribution in [-0.4, -0.2) is 41.5 Å². The number of benzene rings is 1. The summed E-state index contributed by atoms with van der Waals surface area (Å²) in [6.07, 6.45) is 6.15. The monoisotopic (exact) mass is 369 g/mol. The second kappa shape index (κ2) is 8.86. The quantitative estimate of drug-likeness (QED) is 0.880. The maximum Gasteiger partial charge on any atom is 0.274 e. The van der Waals surface area contributed by atoms with Crippen LogP contribution in [0.15, 0.2) is 42.6 Å². The third-order valence-electron chi connectivity index (χ3n) is 5.14. The van der Waals surface area contributed by atoms with Gasteiger partial charge in [-0.1, -0.05) is 25.0 Å². The highest BCUT2D eigenvalue weighted by atomic mass is 16.5. The van der Waals surface area contributed by atoms with Gasteiger partial charge in [0, 0.05) is 19.3 Å². The van der Waals surface area contributed by atoms with Crippen LogP contribution >= 0.6 is 0 Å². The highest BCUT2D eigenvalue weighted by Crippen LogP contribution is 2.30. The van der Waals surface area contributed by atoms with Crippen LogP contribution in [0.2, 0.25) is 0 Å². The SMILES string of the molecule is COc1ccc([C@@H]2CCCCCN2CC(=O)NC(=O)c2cccn2C)cc1. The van der Waals surface area contributed by atoms with Crippen LogP contribution in [0.25, 0.3) is 0 Å². The van der Waals surface area contributed by atoms with Crippen LogP contribution in [0.5, 0.6) is 5.75 Å². The summed E-state index contributed by atoms with van der Waals surface area (Å²) >= 11 is 0. The summed E-state index contributed by atoms with van der Waals surface area (Å²) in [5.74, 6) is 0.203. The van der Waals surface area contributed by atoms with Gasteiger partial charge in [0.1, 0.15) is 11.4 Å². The average molecular weight is 369 g/mol. The molecule has 6 heteroatoms. The summed E-state index contributed by atoms with van der Waals surface area (Å²) < 4.78 is 6.95. The molecule has 144 valence electrons. The molecule has 0 radical (unpaired) electrons. The number of amides is 2. The first-order valence-electron chi connectivity index (χ1n) is 9.42. The van der Waals surface area contributed by atoms with Crippen molar-refractivity contribution in [3.05, 3.63) is 53.9 Å². The molecule has 1 saturated heterocycles. The van der Waals surface area contributed by atoms with Crippen molar-refractivity contribution >= 4 is 11.8 Å². The first-order chi connectivity index (χ1) is 13.1. The lowest BCUT2D eigenvalue weighted by molar-refractivity contribution is -0.121. The van der Waals surface area contributed by atoms with E-state index in [1.54, 1.807) is 37.1 Å². The summed E-state index contributed by atoms with van der Waals surface area (Å²) in [6, 6.07) is 11.7. The van der Waals surface area contributed by atoms with Crippen LogP contribution in [0.4, 0.5) is 0 Å². The predicted molar refractivity (Wildman–Crippen MR) is 104 cm³/mol. The number of methoxy groups -OCH3 is 1. The lowest BCUT2D eigenvalue weighted by atomic mass is 10.0. The minimum absolute atomic E-state index is 0.175. The van der Waals surface area contributed by atoms with Gasteiger partial charge < -0.3 is 9.30 Å². The zero-order chi connectivity index (χ0) is 19.2. The van der Waals surface area contributed by atoms with Gasteiger partial charge in [-0.2, -0.15) is 0 Å². The molecule has 1 aliphatic rings. The zero-order valence-corrected chi connectivity index (χ0v) is 16.0. The summed E-state index contributed by atoms with van der Waals surface area (Å²) in [6.45, 7) is 1.06. The van der Waals surface area contributed by atoms with Crippen LogP contribution in [0.1, 0.15) is 47.8 Å². The predicted octanol–water partition coefficient (Wildman–Crippen LogP) is 2.91. The number of rotatable bonds is 5. The second-order valence-electron chi connectivity index (χ2n) is 6.99. The molecule has 6 nitrogen and oxygen atoms in total. The Bertz CT molecular complexity index is 782. The molecule has 0 unspecified atom stereocenters. The molecule has 2 aromatic rings. The Morgan fingerprint density at radius 3 is 2.59 bits per heavy atom. The first kappa shape index (κ1) is 19.2. The summed E-state index contributed by atoms with van der Waals surface area (Å²) in [7, 11) is 3.44. The minimum atomic E-state index is -0.358. The number of aromatic nitrogens is 1. The van der Waals surface area contributed by atoms with Crippen molar-refractivity contribution in [2.24, 2.45) is 7.05 Å². The molecule has 1 aliphatic heterocycles. The number of nitrogens with one attached hydrogen (secondary N) is 1. The zero-order valence-electron chi connectivity index (χ0n) is 16.0. The number of likely N-dealkylation sites (tertiary alicyclic amines) is 1. The Balaban J connectivity index is 1.68. The molecule has 1 atom stereocenters. The fraction of sp³-hybridized carbons (Fsp3) is 0.429. The first-order valence-corrected chi connectivity index (χ1v) is 9.42. The van der Waals surface area contributed by atoms with Gasteiger partial charge >= 0.3 is 0 Å². The van der Waals surface area contributed by atoms with E-state index in [-0.39, 0.29) is 24.4 Å². The van der Waals surface area contributed by atoms with E-state index in [9.17, 15) is 9.59 Å². The molecule has 1 N–H and O–H groups in total. The molecule has 2 heterocycles. The molecule has 0 aliphatic carbocycles. The van der Waals surface area contributed by atoms with Crippen LogP contribution in [-0.2, 0) is 11.8 Å². The fourth-order valence-corrected chi connectivity index (χ4v) is 3.67. The van der Waals surface area contributed by atoms with Crippen molar-refractivity contribution in [3.63, 3.8) is 0 Å². The Kier molecular flexibility index (Phi) is 6.29.